The van der Waals surface area contributed by atoms with Gasteiger partial charge in [-0.05, 0) is 41.2 Å². The fourth-order valence-electron chi connectivity index (χ4n) is 4.42. The van der Waals surface area contributed by atoms with Crippen molar-refractivity contribution in [2.24, 2.45) is 0 Å². The minimum atomic E-state index is -0.425. The molecule has 0 atom stereocenters. The van der Waals surface area contributed by atoms with E-state index in [1.165, 1.54) is 10.7 Å². The van der Waals surface area contributed by atoms with Crippen molar-refractivity contribution >= 4 is 75.5 Å². The average molecular weight is 425 g/mol. The maximum atomic E-state index is 14.7. The molecule has 0 bridgehead atoms. The first-order valence-corrected chi connectivity index (χ1v) is 10.9. The molecule has 0 unspecified atom stereocenters. The van der Waals surface area contributed by atoms with Gasteiger partial charge in [0.2, 0.25) is 0 Å². The van der Waals surface area contributed by atoms with Gasteiger partial charge in [-0.3, -0.25) is 0 Å². The van der Waals surface area contributed by atoms with Crippen LogP contribution in [0.1, 0.15) is 6.42 Å². The smallest absolute Gasteiger partial charge is 0.321 e. The maximum absolute atomic E-state index is 14.7. The molecule has 1 aromatic carbocycles. The molecule has 32 heavy (non-hydrogen) atoms. The number of nitrogens with one attached hydrogen (secondary N) is 1. The molecule has 1 aliphatic rings. The fraction of sp³-hybridized carbons (Fsp3) is 0.278. The number of carbonyl (C=O) groups is 1. The van der Waals surface area contributed by atoms with Crippen LogP contribution >= 0.6 is 0 Å². The third kappa shape index (κ3) is 4.40. The number of nitrogens with zero attached hydrogens (tertiary/aromatic N) is 5. The second kappa shape index (κ2) is 7.98. The zero-order chi connectivity index (χ0) is 23.3. The van der Waals surface area contributed by atoms with Gasteiger partial charge in [-0.25, -0.2) is 18.9 Å². The van der Waals surface area contributed by atoms with Crippen LogP contribution in [0.25, 0.3) is 16.7 Å². The lowest BCUT2D eigenvalue weighted by Crippen LogP contribution is -2.64. The highest BCUT2D eigenvalue weighted by Gasteiger charge is 2.31. The third-order valence-electron chi connectivity index (χ3n) is 5.53. The number of benzene rings is 1. The molecule has 14 heteroatoms. The molecule has 3 aromatic rings. The van der Waals surface area contributed by atoms with Crippen molar-refractivity contribution in [1.82, 2.24) is 19.7 Å². The molecule has 0 radical (unpaired) electrons. The van der Waals surface area contributed by atoms with Gasteiger partial charge in [-0.15, -0.1) is 5.10 Å². The van der Waals surface area contributed by atoms with Gasteiger partial charge in [0, 0.05) is 30.4 Å². The van der Waals surface area contributed by atoms with E-state index in [0.717, 1.165) is 30.6 Å². The molecule has 3 heterocycles. The summed E-state index contributed by atoms with van der Waals surface area (Å²) >= 11 is 0. The number of aromatic nitrogens is 3. The number of carbonyl (C=O) groups excluding carboxylic acids is 1. The second-order valence-electron chi connectivity index (χ2n) is 10.3. The van der Waals surface area contributed by atoms with E-state index >= 15 is 0 Å². The molecule has 1 fully saturated rings. The van der Waals surface area contributed by atoms with Crippen LogP contribution in [0, 0.1) is 5.82 Å². The van der Waals surface area contributed by atoms with Gasteiger partial charge in [0.25, 0.3) is 0 Å². The SMILES string of the molecule is BC(B)(B)N(c1cnc2nn(-c3cc(NC(=O)N4CCC4)ccc3F)cc2c1)C(B)(B)B. The topological polar surface area (TPSA) is 66.3 Å². The quantitative estimate of drug-likeness (QED) is 0.434. The Hall–Kier alpha value is -2.77. The normalized spacial score (nSPS) is 14.2. The molecular formula is C18H25B6FN6O. The van der Waals surface area contributed by atoms with Crippen molar-refractivity contribution < 1.29 is 9.18 Å². The van der Waals surface area contributed by atoms with Crippen LogP contribution in [0.15, 0.2) is 36.7 Å². The highest BCUT2D eigenvalue weighted by molar-refractivity contribution is 6.66. The molecule has 2 amide bonds. The van der Waals surface area contributed by atoms with E-state index in [0.29, 0.717) is 11.3 Å². The molecule has 1 aliphatic heterocycles. The Bertz CT molecular complexity index is 1160. The maximum Gasteiger partial charge on any atom is 0.321 e. The molecule has 0 aliphatic carbocycles. The predicted molar refractivity (Wildman–Crippen MR) is 143 cm³/mol. The molecule has 7 nitrogen and oxygen atoms in total. The van der Waals surface area contributed by atoms with Crippen molar-refractivity contribution in [3.63, 3.8) is 0 Å². The third-order valence-corrected chi connectivity index (χ3v) is 5.53. The summed E-state index contributed by atoms with van der Waals surface area (Å²) in [5.74, 6) is -0.425. The van der Waals surface area contributed by atoms with Gasteiger partial charge in [-0.2, -0.15) is 0 Å². The van der Waals surface area contributed by atoms with Crippen molar-refractivity contribution in [3.05, 3.63) is 42.5 Å². The molecule has 4 rings (SSSR count). The Labute approximate surface area is 192 Å². The molecule has 1 N–H and O–H groups in total. The Morgan fingerprint density at radius 1 is 1.09 bits per heavy atom. The first kappa shape index (κ1) is 22.4. The number of halogens is 1. The van der Waals surface area contributed by atoms with Crippen LogP contribution < -0.4 is 10.2 Å². The Kier molecular flexibility index (Phi) is 5.59. The van der Waals surface area contributed by atoms with E-state index in [1.807, 2.05) is 12.3 Å². The highest BCUT2D eigenvalue weighted by Crippen LogP contribution is 2.28. The predicted octanol–water partition coefficient (Wildman–Crippen LogP) is -3.38. The van der Waals surface area contributed by atoms with Gasteiger partial charge in [-0.1, -0.05) is 0 Å². The zero-order valence-electron chi connectivity index (χ0n) is 19.6. The van der Waals surface area contributed by atoms with E-state index < -0.39 is 5.82 Å². The van der Waals surface area contributed by atoms with Gasteiger partial charge >= 0.3 is 6.03 Å². The molecule has 158 valence electrons. The van der Waals surface area contributed by atoms with Crippen molar-refractivity contribution in [2.45, 2.75) is 16.9 Å². The minimum Gasteiger partial charge on any atom is -0.406 e. The number of urea groups is 1. The average Bonchev–Trinajstić information content (AvgIpc) is 3.02. The lowest BCUT2D eigenvalue weighted by molar-refractivity contribution is 0.181. The van der Waals surface area contributed by atoms with E-state index in [9.17, 15) is 9.18 Å². The number of pyridine rings is 1. The molecule has 2 aromatic heterocycles. The van der Waals surface area contributed by atoms with Crippen LogP contribution in [-0.2, 0) is 0 Å². The van der Waals surface area contributed by atoms with Gasteiger partial charge < -0.3 is 15.1 Å². The number of hydrogen-bond donors (Lipinski definition) is 1. The summed E-state index contributed by atoms with van der Waals surface area (Å²) in [6, 6.07) is 6.36. The number of likely N-dealkylation sites (tertiary alicyclic amines) is 1. The van der Waals surface area contributed by atoms with Crippen LogP contribution in [0.4, 0.5) is 20.6 Å². The summed E-state index contributed by atoms with van der Waals surface area (Å²) in [7, 11) is 13.0. The number of fused-ring (bicyclic) bond motifs is 1. The molecule has 0 saturated carbocycles. The summed E-state index contributed by atoms with van der Waals surface area (Å²) in [5, 5.41) is 7.89. The number of amides is 2. The largest absolute Gasteiger partial charge is 0.406 e. The van der Waals surface area contributed by atoms with Crippen molar-refractivity contribution in [3.8, 4) is 5.69 Å². The fourth-order valence-corrected chi connectivity index (χ4v) is 4.42. The van der Waals surface area contributed by atoms with Crippen molar-refractivity contribution in [1.29, 1.82) is 0 Å². The van der Waals surface area contributed by atoms with Crippen LogP contribution in [0.2, 0.25) is 0 Å². The first-order valence-electron chi connectivity index (χ1n) is 10.9. The monoisotopic (exact) mass is 426 g/mol. The lowest BCUT2D eigenvalue weighted by atomic mass is 9.40. The lowest BCUT2D eigenvalue weighted by Gasteiger charge is -2.49. The van der Waals surface area contributed by atoms with E-state index in [1.54, 1.807) is 23.2 Å². The zero-order valence-corrected chi connectivity index (χ0v) is 19.6. The van der Waals surface area contributed by atoms with E-state index in [-0.39, 0.29) is 22.2 Å². The number of hydrogen-bond acceptors (Lipinski definition) is 4. The molecule has 1 saturated heterocycles. The standard InChI is InChI=1S/C18H25B6FN6O/c19-17(20,21)31(18(22,23)24)12-6-10-9-30(28-15(10)26-8-12)14-7-11(2-3-13(14)25)27-16(32)29-4-1-5-29/h2-3,6-9H,1,4-5,19-24H2,(H,27,32). The molecule has 0 spiro atoms. The van der Waals surface area contributed by atoms with E-state index in [4.69, 9.17) is 0 Å². The van der Waals surface area contributed by atoms with Crippen LogP contribution in [0.5, 0.6) is 0 Å². The summed E-state index contributed by atoms with van der Waals surface area (Å²) in [6.07, 6.45) is 4.60. The number of rotatable bonds is 5. The summed E-state index contributed by atoms with van der Waals surface area (Å²) in [6.45, 7) is 1.50. The van der Waals surface area contributed by atoms with Gasteiger partial charge in [0.15, 0.2) is 5.65 Å². The summed E-state index contributed by atoms with van der Waals surface area (Å²) < 4.78 is 16.1. The number of anilines is 2. The highest BCUT2D eigenvalue weighted by atomic mass is 19.1. The Morgan fingerprint density at radius 3 is 2.38 bits per heavy atom. The van der Waals surface area contributed by atoms with Gasteiger partial charge in [0.05, 0.1) is 11.9 Å². The van der Waals surface area contributed by atoms with Crippen LogP contribution in [0.3, 0.4) is 0 Å². The first-order chi connectivity index (χ1) is 14.9. The van der Waals surface area contributed by atoms with E-state index in [2.05, 4.69) is 67.4 Å². The Morgan fingerprint density at radius 2 is 1.78 bits per heavy atom. The van der Waals surface area contributed by atoms with Crippen LogP contribution in [-0.4, -0.2) is 96.3 Å². The van der Waals surface area contributed by atoms with Gasteiger partial charge in [0.1, 0.15) is 58.6 Å². The summed E-state index contributed by atoms with van der Waals surface area (Å²) in [4.78, 5) is 20.8. The second-order valence-corrected chi connectivity index (χ2v) is 10.3. The summed E-state index contributed by atoms with van der Waals surface area (Å²) in [5.41, 5.74) is 2.30. The Balaban J connectivity index is 1.68. The minimum absolute atomic E-state index is 0.112. The van der Waals surface area contributed by atoms with Crippen molar-refractivity contribution in [2.75, 3.05) is 23.3 Å². The molecular weight excluding hydrogens is 400 g/mol.